The van der Waals surface area contributed by atoms with Gasteiger partial charge in [-0.15, -0.1) is 11.6 Å². The van der Waals surface area contributed by atoms with Crippen molar-refractivity contribution in [3.63, 3.8) is 0 Å². The fourth-order valence-electron chi connectivity index (χ4n) is 0.781. The van der Waals surface area contributed by atoms with Gasteiger partial charge in [-0.05, 0) is 17.7 Å². The molecule has 0 spiro atoms. The Morgan fingerprint density at radius 3 is 2.85 bits per heavy atom. The van der Waals surface area contributed by atoms with Crippen molar-refractivity contribution in [3.8, 4) is 0 Å². The predicted octanol–water partition coefficient (Wildman–Crippen LogP) is 1.92. The standard InChI is InChI=1S/C9H8ClNO2/c10-5-8-3-1-7(6-11-8)2-4-9(12)13/h1-4,6H,5H2,(H,12,13)/b4-2+. The highest BCUT2D eigenvalue weighted by Crippen LogP contribution is 2.04. The molecular formula is C9H8ClNO2. The molecule has 1 rings (SSSR count). The lowest BCUT2D eigenvalue weighted by Gasteiger charge is -1.94. The maximum absolute atomic E-state index is 10.2. The van der Waals surface area contributed by atoms with Crippen LogP contribution in [0.15, 0.2) is 24.4 Å². The Kier molecular flexibility index (Phi) is 3.46. The largest absolute Gasteiger partial charge is 0.478 e. The Balaban J connectivity index is 2.75. The highest BCUT2D eigenvalue weighted by atomic mass is 35.5. The van der Waals surface area contributed by atoms with E-state index < -0.39 is 5.97 Å². The summed E-state index contributed by atoms with van der Waals surface area (Å²) in [5.41, 5.74) is 1.52. The molecule has 1 aromatic rings. The van der Waals surface area contributed by atoms with Crippen molar-refractivity contribution < 1.29 is 9.90 Å². The van der Waals surface area contributed by atoms with Crippen LogP contribution in [0.25, 0.3) is 6.08 Å². The van der Waals surface area contributed by atoms with Gasteiger partial charge in [0.15, 0.2) is 0 Å². The molecule has 3 nitrogen and oxygen atoms in total. The Hall–Kier alpha value is -1.35. The highest BCUT2D eigenvalue weighted by molar-refractivity contribution is 6.16. The number of aromatic nitrogens is 1. The molecular weight excluding hydrogens is 190 g/mol. The van der Waals surface area contributed by atoms with Crippen LogP contribution in [0.2, 0.25) is 0 Å². The molecule has 0 aliphatic heterocycles. The van der Waals surface area contributed by atoms with E-state index in [4.69, 9.17) is 16.7 Å². The summed E-state index contributed by atoms with van der Waals surface area (Å²) < 4.78 is 0. The first-order valence-electron chi connectivity index (χ1n) is 3.64. The van der Waals surface area contributed by atoms with E-state index in [1.54, 1.807) is 18.3 Å². The van der Waals surface area contributed by atoms with Crippen molar-refractivity contribution in [1.29, 1.82) is 0 Å². The van der Waals surface area contributed by atoms with Crippen molar-refractivity contribution in [2.75, 3.05) is 0 Å². The van der Waals surface area contributed by atoms with Crippen LogP contribution in [-0.2, 0) is 10.7 Å². The van der Waals surface area contributed by atoms with Crippen LogP contribution in [0.4, 0.5) is 0 Å². The van der Waals surface area contributed by atoms with Gasteiger partial charge in [-0.1, -0.05) is 6.07 Å². The Bertz CT molecular complexity index is 319. The number of rotatable bonds is 3. The molecule has 1 heterocycles. The summed E-state index contributed by atoms with van der Waals surface area (Å²) in [4.78, 5) is 14.2. The van der Waals surface area contributed by atoms with Gasteiger partial charge in [0, 0.05) is 12.3 Å². The van der Waals surface area contributed by atoms with Crippen LogP contribution in [0.3, 0.4) is 0 Å². The van der Waals surface area contributed by atoms with Crippen LogP contribution < -0.4 is 0 Å². The van der Waals surface area contributed by atoms with Crippen molar-refractivity contribution in [1.82, 2.24) is 4.98 Å². The third-order valence-electron chi connectivity index (χ3n) is 1.40. The Labute approximate surface area is 80.7 Å². The third-order valence-corrected chi connectivity index (χ3v) is 1.68. The molecule has 13 heavy (non-hydrogen) atoms. The minimum Gasteiger partial charge on any atom is -0.478 e. The zero-order valence-corrected chi connectivity index (χ0v) is 7.53. The van der Waals surface area contributed by atoms with Crippen LogP contribution in [-0.4, -0.2) is 16.1 Å². The zero-order valence-electron chi connectivity index (χ0n) is 6.77. The molecule has 0 radical (unpaired) electrons. The van der Waals surface area contributed by atoms with Crippen molar-refractivity contribution in [2.45, 2.75) is 5.88 Å². The molecule has 0 aliphatic rings. The maximum Gasteiger partial charge on any atom is 0.328 e. The summed E-state index contributed by atoms with van der Waals surface area (Å²) in [5.74, 6) is -0.607. The Morgan fingerprint density at radius 1 is 1.62 bits per heavy atom. The number of halogens is 1. The number of aliphatic carboxylic acids is 1. The SMILES string of the molecule is O=C(O)/C=C/c1ccc(CCl)nc1. The van der Waals surface area contributed by atoms with E-state index >= 15 is 0 Å². The second-order valence-corrected chi connectivity index (χ2v) is 2.66. The third kappa shape index (κ3) is 3.25. The molecule has 0 atom stereocenters. The van der Waals surface area contributed by atoms with Gasteiger partial charge in [0.05, 0.1) is 11.6 Å². The summed E-state index contributed by atoms with van der Waals surface area (Å²) in [7, 11) is 0. The van der Waals surface area contributed by atoms with E-state index in [0.717, 1.165) is 17.3 Å². The lowest BCUT2D eigenvalue weighted by Crippen LogP contribution is -1.87. The Morgan fingerprint density at radius 2 is 2.38 bits per heavy atom. The lowest BCUT2D eigenvalue weighted by molar-refractivity contribution is -0.131. The molecule has 4 heteroatoms. The molecule has 0 aliphatic carbocycles. The predicted molar refractivity (Wildman–Crippen MR) is 50.5 cm³/mol. The van der Waals surface area contributed by atoms with Crippen molar-refractivity contribution in [3.05, 3.63) is 35.7 Å². The van der Waals surface area contributed by atoms with Crippen LogP contribution in [0.5, 0.6) is 0 Å². The summed E-state index contributed by atoms with van der Waals surface area (Å²) in [5, 5.41) is 8.35. The molecule has 0 bridgehead atoms. The average molecular weight is 198 g/mol. The van der Waals surface area contributed by atoms with E-state index in [9.17, 15) is 4.79 Å². The first-order chi connectivity index (χ1) is 6.22. The summed E-state index contributed by atoms with van der Waals surface area (Å²) >= 11 is 5.53. The van der Waals surface area contributed by atoms with E-state index in [-0.39, 0.29) is 0 Å². The highest BCUT2D eigenvalue weighted by Gasteiger charge is 1.92. The molecule has 0 aromatic carbocycles. The first kappa shape index (κ1) is 9.74. The second-order valence-electron chi connectivity index (χ2n) is 2.39. The number of pyridine rings is 1. The van der Waals surface area contributed by atoms with Crippen LogP contribution in [0.1, 0.15) is 11.3 Å². The minimum atomic E-state index is -0.971. The van der Waals surface area contributed by atoms with Gasteiger partial charge in [0.2, 0.25) is 0 Å². The minimum absolute atomic E-state index is 0.364. The molecule has 0 saturated heterocycles. The quantitative estimate of drug-likeness (QED) is 0.595. The number of alkyl halides is 1. The first-order valence-corrected chi connectivity index (χ1v) is 4.17. The van der Waals surface area contributed by atoms with Gasteiger partial charge in [0.25, 0.3) is 0 Å². The molecule has 1 aromatic heterocycles. The van der Waals surface area contributed by atoms with E-state index in [2.05, 4.69) is 4.98 Å². The fourth-order valence-corrected chi connectivity index (χ4v) is 0.939. The lowest BCUT2D eigenvalue weighted by atomic mass is 10.2. The monoisotopic (exact) mass is 197 g/mol. The van der Waals surface area contributed by atoms with Crippen molar-refractivity contribution in [2.24, 2.45) is 0 Å². The van der Waals surface area contributed by atoms with Gasteiger partial charge in [0.1, 0.15) is 0 Å². The zero-order chi connectivity index (χ0) is 9.68. The van der Waals surface area contributed by atoms with Gasteiger partial charge >= 0.3 is 5.97 Å². The molecule has 0 amide bonds. The summed E-state index contributed by atoms with van der Waals surface area (Å²) in [6.07, 6.45) is 4.13. The van der Waals surface area contributed by atoms with E-state index in [1.165, 1.54) is 6.08 Å². The van der Waals surface area contributed by atoms with Gasteiger partial charge < -0.3 is 5.11 Å². The normalized spacial score (nSPS) is 10.5. The fraction of sp³-hybridized carbons (Fsp3) is 0.111. The van der Waals surface area contributed by atoms with E-state index in [0.29, 0.717) is 5.88 Å². The second kappa shape index (κ2) is 4.62. The van der Waals surface area contributed by atoms with E-state index in [1.807, 2.05) is 0 Å². The molecule has 0 fully saturated rings. The molecule has 0 saturated carbocycles. The molecule has 1 N–H and O–H groups in total. The number of carbonyl (C=O) groups is 1. The number of nitrogens with zero attached hydrogens (tertiary/aromatic N) is 1. The number of hydrogen-bond donors (Lipinski definition) is 1. The smallest absolute Gasteiger partial charge is 0.328 e. The van der Waals surface area contributed by atoms with Crippen LogP contribution in [0, 0.1) is 0 Å². The number of carboxylic acid groups (broad SMARTS) is 1. The summed E-state index contributed by atoms with van der Waals surface area (Å²) in [6.45, 7) is 0. The maximum atomic E-state index is 10.2. The topological polar surface area (TPSA) is 50.2 Å². The molecule has 68 valence electrons. The van der Waals surface area contributed by atoms with Gasteiger partial charge in [-0.25, -0.2) is 4.79 Å². The average Bonchev–Trinajstić information content (AvgIpc) is 2.15. The number of carboxylic acids is 1. The van der Waals surface area contributed by atoms with Crippen LogP contribution >= 0.6 is 11.6 Å². The van der Waals surface area contributed by atoms with Crippen molar-refractivity contribution >= 4 is 23.6 Å². The summed E-state index contributed by atoms with van der Waals surface area (Å²) in [6, 6.07) is 3.53. The molecule has 0 unspecified atom stereocenters. The van der Waals surface area contributed by atoms with Gasteiger partial charge in [-0.3, -0.25) is 4.98 Å². The number of hydrogen-bond acceptors (Lipinski definition) is 2. The van der Waals surface area contributed by atoms with Gasteiger partial charge in [-0.2, -0.15) is 0 Å².